The molecule has 1 amide bonds. The highest BCUT2D eigenvalue weighted by Crippen LogP contribution is 2.28. The Balaban J connectivity index is 1.77. The van der Waals surface area contributed by atoms with Crippen LogP contribution in [0.2, 0.25) is 0 Å². The lowest BCUT2D eigenvalue weighted by Crippen LogP contribution is -2.42. The van der Waals surface area contributed by atoms with Gasteiger partial charge in [0.2, 0.25) is 5.91 Å². The van der Waals surface area contributed by atoms with Gasteiger partial charge in [-0.05, 0) is 30.9 Å². The van der Waals surface area contributed by atoms with Gasteiger partial charge in [-0.15, -0.1) is 11.8 Å². The van der Waals surface area contributed by atoms with Crippen molar-refractivity contribution >= 4 is 23.6 Å². The van der Waals surface area contributed by atoms with Gasteiger partial charge >= 0.3 is 0 Å². The van der Waals surface area contributed by atoms with Gasteiger partial charge in [0.05, 0.1) is 6.61 Å². The molecule has 7 heteroatoms. The molecule has 27 heavy (non-hydrogen) atoms. The van der Waals surface area contributed by atoms with E-state index in [1.54, 1.807) is 30.8 Å². The maximum Gasteiger partial charge on any atom is 0.243 e. The predicted molar refractivity (Wildman–Crippen MR) is 112 cm³/mol. The summed E-state index contributed by atoms with van der Waals surface area (Å²) in [6.07, 6.45) is 2.60. The summed E-state index contributed by atoms with van der Waals surface area (Å²) in [5.74, 6) is 2.44. The Bertz CT molecular complexity index is 591. The summed E-state index contributed by atoms with van der Waals surface area (Å²) in [5, 5.41) is 3.37. The molecule has 2 rings (SSSR count). The average Bonchev–Trinajstić information content (AvgIpc) is 3.49. The number of nitrogens with one attached hydrogen (secondary N) is 1. The van der Waals surface area contributed by atoms with Gasteiger partial charge in [-0.25, -0.2) is 4.99 Å². The topological polar surface area (TPSA) is 57.2 Å². The number of thioether (sulfide) groups is 1. The number of guanidine groups is 1. The molecule has 0 unspecified atom stereocenters. The van der Waals surface area contributed by atoms with Gasteiger partial charge in [-0.1, -0.05) is 18.2 Å². The molecule has 0 spiro atoms. The molecule has 0 bridgehead atoms. The maximum atomic E-state index is 11.9. The van der Waals surface area contributed by atoms with Gasteiger partial charge < -0.3 is 19.9 Å². The molecule has 0 atom stereocenters. The summed E-state index contributed by atoms with van der Waals surface area (Å²) in [7, 11) is 5.48. The molecule has 0 aromatic heterocycles. The van der Waals surface area contributed by atoms with Crippen LogP contribution in [0.3, 0.4) is 0 Å². The largest absolute Gasteiger partial charge is 0.379 e. The minimum atomic E-state index is -0.00801. The van der Waals surface area contributed by atoms with Gasteiger partial charge in [0.25, 0.3) is 0 Å². The summed E-state index contributed by atoms with van der Waals surface area (Å²) in [5.41, 5.74) is 0. The monoisotopic (exact) mass is 392 g/mol. The summed E-state index contributed by atoms with van der Waals surface area (Å²) < 4.78 is 5.72. The summed E-state index contributed by atoms with van der Waals surface area (Å²) >= 11 is 1.80. The fraction of sp³-hybridized carbons (Fsp3) is 0.600. The van der Waals surface area contributed by atoms with E-state index in [1.165, 1.54) is 17.7 Å². The molecule has 1 aliphatic rings. The van der Waals surface area contributed by atoms with Crippen LogP contribution in [0.4, 0.5) is 0 Å². The van der Waals surface area contributed by atoms with Crippen molar-refractivity contribution in [1.82, 2.24) is 15.1 Å². The first-order chi connectivity index (χ1) is 13.1. The van der Waals surface area contributed by atoms with Gasteiger partial charge in [-0.3, -0.25) is 4.79 Å². The fourth-order valence-corrected chi connectivity index (χ4v) is 3.08. The molecule has 0 saturated heterocycles. The Labute approximate surface area is 167 Å². The van der Waals surface area contributed by atoms with Crippen molar-refractivity contribution in [3.63, 3.8) is 0 Å². The van der Waals surface area contributed by atoms with Crippen LogP contribution in [0.15, 0.2) is 40.2 Å². The predicted octanol–water partition coefficient (Wildman–Crippen LogP) is 2.17. The lowest BCUT2D eigenvalue weighted by Gasteiger charge is -2.22. The molecule has 0 aliphatic heterocycles. The zero-order valence-electron chi connectivity index (χ0n) is 16.7. The van der Waals surface area contributed by atoms with E-state index < -0.39 is 0 Å². The maximum absolute atomic E-state index is 11.9. The minimum absolute atomic E-state index is 0.00801. The standard InChI is InChI=1S/C20H32N4O2S/c1-23(2)19(25)15-22-20(24(3)12-13-26-16-17-9-10-17)21-11-14-27-18-7-5-4-6-8-18/h4-8,17H,9-16H2,1-3H3,(H,21,22). The van der Waals surface area contributed by atoms with E-state index in [4.69, 9.17) is 4.74 Å². The number of hydrogen-bond acceptors (Lipinski definition) is 4. The highest BCUT2D eigenvalue weighted by atomic mass is 32.2. The molecular formula is C20H32N4O2S. The molecular weight excluding hydrogens is 360 g/mol. The number of amides is 1. The summed E-state index contributed by atoms with van der Waals surface area (Å²) in [4.78, 5) is 21.2. The van der Waals surface area contributed by atoms with Crippen LogP contribution in [0.25, 0.3) is 0 Å². The molecule has 150 valence electrons. The zero-order chi connectivity index (χ0) is 19.5. The first kappa shape index (κ1) is 21.6. The van der Waals surface area contributed by atoms with Crippen LogP contribution in [0.5, 0.6) is 0 Å². The molecule has 1 saturated carbocycles. The first-order valence-electron chi connectivity index (χ1n) is 9.51. The SMILES string of the molecule is CN(C)C(=O)CN=C(NCCSc1ccccc1)N(C)CCOCC1CC1. The Morgan fingerprint density at radius 2 is 2.00 bits per heavy atom. The second-order valence-electron chi connectivity index (χ2n) is 6.96. The molecule has 0 radical (unpaired) electrons. The highest BCUT2D eigenvalue weighted by Gasteiger charge is 2.21. The first-order valence-corrected chi connectivity index (χ1v) is 10.5. The van der Waals surface area contributed by atoms with E-state index in [2.05, 4.69) is 22.4 Å². The lowest BCUT2D eigenvalue weighted by atomic mass is 10.4. The van der Waals surface area contributed by atoms with Crippen LogP contribution in [0.1, 0.15) is 12.8 Å². The van der Waals surface area contributed by atoms with Crippen molar-refractivity contribution in [2.24, 2.45) is 10.9 Å². The average molecular weight is 393 g/mol. The van der Waals surface area contributed by atoms with E-state index >= 15 is 0 Å². The van der Waals surface area contributed by atoms with Crippen molar-refractivity contribution in [2.75, 3.05) is 59.7 Å². The van der Waals surface area contributed by atoms with Crippen molar-refractivity contribution in [2.45, 2.75) is 17.7 Å². The van der Waals surface area contributed by atoms with Gasteiger partial charge in [0, 0.05) is 51.5 Å². The third kappa shape index (κ3) is 9.15. The number of hydrogen-bond donors (Lipinski definition) is 1. The number of rotatable bonds is 11. The molecule has 0 heterocycles. The third-order valence-electron chi connectivity index (χ3n) is 4.24. The number of carbonyl (C=O) groups excluding carboxylic acids is 1. The zero-order valence-corrected chi connectivity index (χ0v) is 17.5. The van der Waals surface area contributed by atoms with E-state index in [-0.39, 0.29) is 12.5 Å². The minimum Gasteiger partial charge on any atom is -0.379 e. The smallest absolute Gasteiger partial charge is 0.243 e. The highest BCUT2D eigenvalue weighted by molar-refractivity contribution is 7.99. The van der Waals surface area contributed by atoms with Gasteiger partial charge in [-0.2, -0.15) is 0 Å². The van der Waals surface area contributed by atoms with Crippen molar-refractivity contribution in [3.8, 4) is 0 Å². The van der Waals surface area contributed by atoms with Crippen LogP contribution in [-0.4, -0.2) is 81.4 Å². The number of benzene rings is 1. The van der Waals surface area contributed by atoms with Crippen molar-refractivity contribution in [3.05, 3.63) is 30.3 Å². The fourth-order valence-electron chi connectivity index (χ4n) is 2.29. The third-order valence-corrected chi connectivity index (χ3v) is 5.26. The Hall–Kier alpha value is -1.73. The van der Waals surface area contributed by atoms with Gasteiger partial charge in [0.15, 0.2) is 5.96 Å². The molecule has 1 aromatic rings. The van der Waals surface area contributed by atoms with Crippen LogP contribution >= 0.6 is 11.8 Å². The second kappa shape index (κ2) is 11.9. The number of carbonyl (C=O) groups is 1. The van der Waals surface area contributed by atoms with Crippen molar-refractivity contribution in [1.29, 1.82) is 0 Å². The van der Waals surface area contributed by atoms with E-state index in [9.17, 15) is 4.79 Å². The lowest BCUT2D eigenvalue weighted by molar-refractivity contribution is -0.127. The van der Waals surface area contributed by atoms with Crippen LogP contribution < -0.4 is 5.32 Å². The van der Waals surface area contributed by atoms with E-state index in [0.29, 0.717) is 6.61 Å². The second-order valence-corrected chi connectivity index (χ2v) is 8.12. The Kier molecular flexibility index (Phi) is 9.48. The molecule has 1 N–H and O–H groups in total. The van der Waals surface area contributed by atoms with Crippen LogP contribution in [0, 0.1) is 5.92 Å². The van der Waals surface area contributed by atoms with E-state index in [0.717, 1.165) is 37.3 Å². The summed E-state index contributed by atoms with van der Waals surface area (Å²) in [6, 6.07) is 10.3. The van der Waals surface area contributed by atoms with Crippen LogP contribution in [-0.2, 0) is 9.53 Å². The number of aliphatic imine (C=N–C) groups is 1. The van der Waals surface area contributed by atoms with Crippen molar-refractivity contribution < 1.29 is 9.53 Å². The molecule has 1 aromatic carbocycles. The molecule has 1 fully saturated rings. The normalized spacial score (nSPS) is 14.1. The summed E-state index contributed by atoms with van der Waals surface area (Å²) in [6.45, 7) is 3.21. The Morgan fingerprint density at radius 1 is 1.26 bits per heavy atom. The Morgan fingerprint density at radius 3 is 2.67 bits per heavy atom. The molecule has 1 aliphatic carbocycles. The number of ether oxygens (including phenoxy) is 1. The van der Waals surface area contributed by atoms with E-state index in [1.807, 2.05) is 30.1 Å². The number of likely N-dealkylation sites (N-methyl/N-ethyl adjacent to an activating group) is 2. The number of nitrogens with zero attached hydrogens (tertiary/aromatic N) is 3. The molecule has 6 nitrogen and oxygen atoms in total. The van der Waals surface area contributed by atoms with Gasteiger partial charge in [0.1, 0.15) is 6.54 Å². The quantitative estimate of drug-likeness (QED) is 0.271.